The Morgan fingerprint density at radius 2 is 2.32 bits per heavy atom. The zero-order valence-corrected chi connectivity index (χ0v) is 11.3. The number of nitrogens with zero attached hydrogens (tertiary/aromatic N) is 2. The van der Waals surface area contributed by atoms with E-state index in [4.69, 9.17) is 10.5 Å². The Labute approximate surface area is 112 Å². The maximum Gasteiger partial charge on any atom is 0.311 e. The van der Waals surface area contributed by atoms with Crippen molar-refractivity contribution in [3.63, 3.8) is 0 Å². The van der Waals surface area contributed by atoms with Gasteiger partial charge in [0.05, 0.1) is 12.0 Å². The van der Waals surface area contributed by atoms with Crippen molar-refractivity contribution in [3.05, 3.63) is 28.3 Å². The van der Waals surface area contributed by atoms with Crippen LogP contribution in [0.4, 0.5) is 11.4 Å². The van der Waals surface area contributed by atoms with Gasteiger partial charge in [-0.3, -0.25) is 10.1 Å². The largest absolute Gasteiger partial charge is 0.490 e. The molecule has 1 aliphatic heterocycles. The van der Waals surface area contributed by atoms with Gasteiger partial charge in [-0.1, -0.05) is 6.92 Å². The van der Waals surface area contributed by atoms with Crippen molar-refractivity contribution in [2.45, 2.75) is 13.3 Å². The minimum atomic E-state index is -0.434. The minimum absolute atomic E-state index is 0.00738. The Morgan fingerprint density at radius 3 is 2.84 bits per heavy atom. The number of rotatable bonds is 4. The van der Waals surface area contributed by atoms with Gasteiger partial charge < -0.3 is 15.4 Å². The molecule has 0 spiro atoms. The molecule has 0 radical (unpaired) electrons. The first kappa shape index (κ1) is 13.6. The van der Waals surface area contributed by atoms with Crippen LogP contribution in [-0.4, -0.2) is 31.7 Å². The topological polar surface area (TPSA) is 81.6 Å². The van der Waals surface area contributed by atoms with E-state index in [9.17, 15) is 10.1 Å². The molecule has 0 amide bonds. The lowest BCUT2D eigenvalue weighted by atomic mass is 9.90. The minimum Gasteiger partial charge on any atom is -0.490 e. The maximum absolute atomic E-state index is 10.9. The van der Waals surface area contributed by atoms with E-state index >= 15 is 0 Å². The number of ether oxygens (including phenoxy) is 1. The summed E-state index contributed by atoms with van der Waals surface area (Å²) < 4.78 is 5.09. The number of nitro benzene ring substituents is 1. The first-order valence-electron chi connectivity index (χ1n) is 6.26. The summed E-state index contributed by atoms with van der Waals surface area (Å²) in [5.74, 6) is 0.295. The molecule has 6 heteroatoms. The van der Waals surface area contributed by atoms with Gasteiger partial charge in [-0.15, -0.1) is 0 Å². The Kier molecular flexibility index (Phi) is 3.61. The van der Waals surface area contributed by atoms with Gasteiger partial charge >= 0.3 is 5.69 Å². The molecule has 0 aliphatic carbocycles. The number of hydrogen-bond donors (Lipinski definition) is 1. The molecule has 2 N–H and O–H groups in total. The second-order valence-corrected chi connectivity index (χ2v) is 5.30. The standard InChI is InChI=1S/C13H19N3O3/c1-13(8-14)5-6-15(9-13)10-3-4-11(16(17)18)12(7-10)19-2/h3-4,7H,5-6,8-9,14H2,1-2H3. The van der Waals surface area contributed by atoms with E-state index in [-0.39, 0.29) is 11.1 Å². The smallest absolute Gasteiger partial charge is 0.311 e. The van der Waals surface area contributed by atoms with Gasteiger partial charge in [0.2, 0.25) is 0 Å². The fourth-order valence-electron chi connectivity index (χ4n) is 2.42. The predicted molar refractivity (Wildman–Crippen MR) is 73.6 cm³/mol. The molecule has 2 rings (SSSR count). The zero-order valence-electron chi connectivity index (χ0n) is 11.3. The molecule has 0 bridgehead atoms. The third-order valence-corrected chi connectivity index (χ3v) is 3.78. The van der Waals surface area contributed by atoms with Crippen LogP contribution in [0.25, 0.3) is 0 Å². The number of anilines is 1. The highest BCUT2D eigenvalue weighted by atomic mass is 16.6. The van der Waals surface area contributed by atoms with Crippen LogP contribution in [-0.2, 0) is 0 Å². The highest BCUT2D eigenvalue weighted by Gasteiger charge is 2.33. The molecule has 104 valence electrons. The van der Waals surface area contributed by atoms with Crippen LogP contribution in [0.5, 0.6) is 5.75 Å². The van der Waals surface area contributed by atoms with Gasteiger partial charge in [-0.05, 0) is 24.4 Å². The van der Waals surface area contributed by atoms with Crippen LogP contribution in [0.2, 0.25) is 0 Å². The van der Waals surface area contributed by atoms with Crippen molar-refractivity contribution in [2.75, 3.05) is 31.6 Å². The second kappa shape index (κ2) is 5.05. The number of nitrogens with two attached hydrogens (primary N) is 1. The van der Waals surface area contributed by atoms with Crippen LogP contribution in [0.3, 0.4) is 0 Å². The summed E-state index contributed by atoms with van der Waals surface area (Å²) in [6.45, 7) is 4.59. The third-order valence-electron chi connectivity index (χ3n) is 3.78. The van der Waals surface area contributed by atoms with Crippen LogP contribution >= 0.6 is 0 Å². The Morgan fingerprint density at radius 1 is 1.58 bits per heavy atom. The second-order valence-electron chi connectivity index (χ2n) is 5.30. The molecular weight excluding hydrogens is 246 g/mol. The van der Waals surface area contributed by atoms with Crippen LogP contribution in [0, 0.1) is 15.5 Å². The molecule has 1 aromatic carbocycles. The van der Waals surface area contributed by atoms with Crippen molar-refractivity contribution in [1.29, 1.82) is 0 Å². The third kappa shape index (κ3) is 2.63. The fourth-order valence-corrected chi connectivity index (χ4v) is 2.42. The van der Waals surface area contributed by atoms with Gasteiger partial charge in [-0.2, -0.15) is 0 Å². The molecule has 1 heterocycles. The summed E-state index contributed by atoms with van der Waals surface area (Å²) in [7, 11) is 1.44. The van der Waals surface area contributed by atoms with Crippen molar-refractivity contribution in [3.8, 4) is 5.75 Å². The quantitative estimate of drug-likeness (QED) is 0.663. The summed E-state index contributed by atoms with van der Waals surface area (Å²) in [6.07, 6.45) is 1.03. The summed E-state index contributed by atoms with van der Waals surface area (Å²) in [5.41, 5.74) is 6.84. The Hall–Kier alpha value is -1.82. The average Bonchev–Trinajstić information content (AvgIpc) is 2.81. The molecular formula is C13H19N3O3. The summed E-state index contributed by atoms with van der Waals surface area (Å²) in [4.78, 5) is 12.6. The van der Waals surface area contributed by atoms with E-state index in [2.05, 4.69) is 11.8 Å². The first-order chi connectivity index (χ1) is 8.99. The average molecular weight is 265 g/mol. The van der Waals surface area contributed by atoms with Crippen LogP contribution < -0.4 is 15.4 Å². The van der Waals surface area contributed by atoms with Crippen molar-refractivity contribution >= 4 is 11.4 Å². The molecule has 6 nitrogen and oxygen atoms in total. The van der Waals surface area contributed by atoms with Crippen molar-refractivity contribution < 1.29 is 9.66 Å². The monoisotopic (exact) mass is 265 g/mol. The van der Waals surface area contributed by atoms with Crippen molar-refractivity contribution in [1.82, 2.24) is 0 Å². The Bertz CT molecular complexity index is 492. The first-order valence-corrected chi connectivity index (χ1v) is 6.26. The van der Waals surface area contributed by atoms with Crippen LogP contribution in [0.1, 0.15) is 13.3 Å². The van der Waals surface area contributed by atoms with E-state index in [0.717, 1.165) is 25.2 Å². The van der Waals surface area contributed by atoms with E-state index in [0.29, 0.717) is 12.3 Å². The van der Waals surface area contributed by atoms with Crippen molar-refractivity contribution in [2.24, 2.45) is 11.1 Å². The lowest BCUT2D eigenvalue weighted by molar-refractivity contribution is -0.385. The van der Waals surface area contributed by atoms with E-state index < -0.39 is 4.92 Å². The van der Waals surface area contributed by atoms with E-state index in [1.807, 2.05) is 0 Å². The maximum atomic E-state index is 10.9. The van der Waals surface area contributed by atoms with Gasteiger partial charge in [0, 0.05) is 30.9 Å². The lowest BCUT2D eigenvalue weighted by Gasteiger charge is -2.24. The van der Waals surface area contributed by atoms with Gasteiger partial charge in [0.1, 0.15) is 0 Å². The molecule has 1 fully saturated rings. The van der Waals surface area contributed by atoms with Gasteiger partial charge in [0.25, 0.3) is 0 Å². The number of benzene rings is 1. The zero-order chi connectivity index (χ0) is 14.0. The number of methoxy groups -OCH3 is 1. The van der Waals surface area contributed by atoms with E-state index in [1.54, 1.807) is 12.1 Å². The molecule has 1 unspecified atom stereocenters. The lowest BCUT2D eigenvalue weighted by Crippen LogP contribution is -2.31. The molecule has 0 aromatic heterocycles. The normalized spacial score (nSPS) is 22.6. The SMILES string of the molecule is COc1cc(N2CCC(C)(CN)C2)ccc1[N+](=O)[O-]. The molecule has 1 saturated heterocycles. The van der Waals surface area contributed by atoms with Gasteiger partial charge in [-0.25, -0.2) is 0 Å². The Balaban J connectivity index is 2.25. The summed E-state index contributed by atoms with van der Waals surface area (Å²) >= 11 is 0. The molecule has 19 heavy (non-hydrogen) atoms. The number of nitro groups is 1. The molecule has 0 saturated carbocycles. The molecule has 1 aromatic rings. The van der Waals surface area contributed by atoms with E-state index in [1.165, 1.54) is 13.2 Å². The highest BCUT2D eigenvalue weighted by molar-refractivity contribution is 5.59. The highest BCUT2D eigenvalue weighted by Crippen LogP contribution is 2.36. The summed E-state index contributed by atoms with van der Waals surface area (Å²) in [6, 6.07) is 4.98. The van der Waals surface area contributed by atoms with Crippen LogP contribution in [0.15, 0.2) is 18.2 Å². The molecule has 1 aliphatic rings. The fraction of sp³-hybridized carbons (Fsp3) is 0.538. The molecule has 1 atom stereocenters. The predicted octanol–water partition coefficient (Wildman–Crippen LogP) is 1.78. The summed E-state index contributed by atoms with van der Waals surface area (Å²) in [5, 5.41) is 10.9. The number of hydrogen-bond acceptors (Lipinski definition) is 5. The van der Waals surface area contributed by atoms with Gasteiger partial charge in [0.15, 0.2) is 5.75 Å².